The first kappa shape index (κ1) is 20.2. The number of aromatic nitrogens is 2. The SMILES string of the molecule is CC(C)Cc1ccc([C@@H](C)c2nc3ccccc3n2CCOc2ccccc2)cc1. The zero-order chi connectivity index (χ0) is 20.9. The molecular formula is C27H30N2O. The molecule has 154 valence electrons. The largest absolute Gasteiger partial charge is 0.492 e. The first-order valence-corrected chi connectivity index (χ1v) is 10.8. The molecule has 4 rings (SSSR count). The van der Waals surface area contributed by atoms with Crippen LogP contribution in [0.5, 0.6) is 5.75 Å². The zero-order valence-corrected chi connectivity index (χ0v) is 18.1. The molecule has 0 fully saturated rings. The summed E-state index contributed by atoms with van der Waals surface area (Å²) in [7, 11) is 0. The Morgan fingerprint density at radius 3 is 2.27 bits per heavy atom. The molecule has 0 saturated carbocycles. The normalized spacial score (nSPS) is 12.4. The molecule has 1 atom stereocenters. The Morgan fingerprint density at radius 2 is 1.53 bits per heavy atom. The molecule has 0 spiro atoms. The molecule has 3 heteroatoms. The van der Waals surface area contributed by atoms with E-state index in [2.05, 4.69) is 73.9 Å². The lowest BCUT2D eigenvalue weighted by molar-refractivity contribution is 0.298. The van der Waals surface area contributed by atoms with Crippen molar-refractivity contribution >= 4 is 11.0 Å². The zero-order valence-electron chi connectivity index (χ0n) is 18.1. The summed E-state index contributed by atoms with van der Waals surface area (Å²) < 4.78 is 8.28. The minimum atomic E-state index is 0.210. The van der Waals surface area contributed by atoms with Gasteiger partial charge in [-0.15, -0.1) is 0 Å². The molecule has 0 aliphatic rings. The van der Waals surface area contributed by atoms with Crippen LogP contribution in [0, 0.1) is 5.92 Å². The summed E-state index contributed by atoms with van der Waals surface area (Å²) in [5.74, 6) is 2.87. The molecule has 0 saturated heterocycles. The fourth-order valence-electron chi connectivity index (χ4n) is 3.99. The van der Waals surface area contributed by atoms with E-state index in [4.69, 9.17) is 9.72 Å². The Hall–Kier alpha value is -3.07. The average Bonchev–Trinajstić information content (AvgIpc) is 3.13. The van der Waals surface area contributed by atoms with Crippen LogP contribution in [0.1, 0.15) is 43.6 Å². The predicted molar refractivity (Wildman–Crippen MR) is 124 cm³/mol. The van der Waals surface area contributed by atoms with Crippen LogP contribution in [0.4, 0.5) is 0 Å². The summed E-state index contributed by atoms with van der Waals surface area (Å²) in [6, 6.07) is 27.4. The second-order valence-electron chi connectivity index (χ2n) is 8.33. The first-order chi connectivity index (χ1) is 14.6. The van der Waals surface area contributed by atoms with Gasteiger partial charge in [0, 0.05) is 5.92 Å². The summed E-state index contributed by atoms with van der Waals surface area (Å²) in [6.07, 6.45) is 1.12. The third kappa shape index (κ3) is 4.56. The number of hydrogen-bond acceptors (Lipinski definition) is 2. The van der Waals surface area contributed by atoms with E-state index in [9.17, 15) is 0 Å². The maximum Gasteiger partial charge on any atom is 0.119 e. The van der Waals surface area contributed by atoms with Crippen molar-refractivity contribution in [1.82, 2.24) is 9.55 Å². The van der Waals surface area contributed by atoms with Crippen LogP contribution in [0.25, 0.3) is 11.0 Å². The summed E-state index contributed by atoms with van der Waals surface area (Å²) in [5.41, 5.74) is 4.89. The lowest BCUT2D eigenvalue weighted by atomic mass is 9.96. The Labute approximate surface area is 179 Å². The molecule has 3 nitrogen and oxygen atoms in total. The third-order valence-corrected chi connectivity index (χ3v) is 5.52. The van der Waals surface area contributed by atoms with E-state index < -0.39 is 0 Å². The van der Waals surface area contributed by atoms with E-state index in [1.165, 1.54) is 11.1 Å². The van der Waals surface area contributed by atoms with Crippen molar-refractivity contribution in [2.45, 2.75) is 39.7 Å². The number of nitrogens with zero attached hydrogens (tertiary/aromatic N) is 2. The maximum atomic E-state index is 5.97. The van der Waals surface area contributed by atoms with Crippen molar-refractivity contribution < 1.29 is 4.74 Å². The van der Waals surface area contributed by atoms with Gasteiger partial charge in [0.05, 0.1) is 17.6 Å². The quantitative estimate of drug-likeness (QED) is 0.340. The smallest absolute Gasteiger partial charge is 0.119 e. The van der Waals surface area contributed by atoms with Crippen LogP contribution in [0.3, 0.4) is 0 Å². The van der Waals surface area contributed by atoms with E-state index in [1.807, 2.05) is 30.3 Å². The molecule has 0 radical (unpaired) electrons. The van der Waals surface area contributed by atoms with Crippen molar-refractivity contribution in [3.63, 3.8) is 0 Å². The molecule has 0 unspecified atom stereocenters. The fourth-order valence-corrected chi connectivity index (χ4v) is 3.99. The molecule has 4 aromatic rings. The van der Waals surface area contributed by atoms with Gasteiger partial charge in [-0.1, -0.05) is 75.4 Å². The topological polar surface area (TPSA) is 27.1 Å². The van der Waals surface area contributed by atoms with Gasteiger partial charge in [-0.2, -0.15) is 0 Å². The Kier molecular flexibility index (Phi) is 6.18. The van der Waals surface area contributed by atoms with Crippen LogP contribution in [-0.2, 0) is 13.0 Å². The number of benzene rings is 3. The van der Waals surface area contributed by atoms with Crippen LogP contribution in [0.15, 0.2) is 78.9 Å². The highest BCUT2D eigenvalue weighted by Gasteiger charge is 2.18. The number of para-hydroxylation sites is 3. The van der Waals surface area contributed by atoms with E-state index in [1.54, 1.807) is 0 Å². The van der Waals surface area contributed by atoms with E-state index >= 15 is 0 Å². The van der Waals surface area contributed by atoms with E-state index in [0.29, 0.717) is 12.5 Å². The molecule has 0 amide bonds. The Bertz CT molecular complexity index is 1080. The van der Waals surface area contributed by atoms with Crippen molar-refractivity contribution in [2.24, 2.45) is 5.92 Å². The lowest BCUT2D eigenvalue weighted by Gasteiger charge is -2.16. The van der Waals surface area contributed by atoms with Crippen LogP contribution >= 0.6 is 0 Å². The number of hydrogen-bond donors (Lipinski definition) is 0. The minimum Gasteiger partial charge on any atom is -0.492 e. The van der Waals surface area contributed by atoms with Gasteiger partial charge in [-0.05, 0) is 47.7 Å². The number of ether oxygens (including phenoxy) is 1. The molecule has 1 aromatic heterocycles. The van der Waals surface area contributed by atoms with Gasteiger partial charge in [0.2, 0.25) is 0 Å². The number of rotatable bonds is 8. The van der Waals surface area contributed by atoms with Crippen molar-refractivity contribution in [3.8, 4) is 5.75 Å². The van der Waals surface area contributed by atoms with Crippen molar-refractivity contribution in [2.75, 3.05) is 6.61 Å². The third-order valence-electron chi connectivity index (χ3n) is 5.52. The van der Waals surface area contributed by atoms with Gasteiger partial charge in [0.15, 0.2) is 0 Å². The highest BCUT2D eigenvalue weighted by Crippen LogP contribution is 2.28. The van der Waals surface area contributed by atoms with E-state index in [-0.39, 0.29) is 5.92 Å². The monoisotopic (exact) mass is 398 g/mol. The van der Waals surface area contributed by atoms with Crippen molar-refractivity contribution in [1.29, 1.82) is 0 Å². The summed E-state index contributed by atoms with van der Waals surface area (Å²) in [6.45, 7) is 8.14. The van der Waals surface area contributed by atoms with Gasteiger partial charge in [-0.3, -0.25) is 0 Å². The first-order valence-electron chi connectivity index (χ1n) is 10.8. The minimum absolute atomic E-state index is 0.210. The second kappa shape index (κ2) is 9.17. The number of fused-ring (bicyclic) bond motifs is 1. The van der Waals surface area contributed by atoms with Crippen LogP contribution < -0.4 is 4.74 Å². The summed E-state index contributed by atoms with van der Waals surface area (Å²) in [5, 5.41) is 0. The summed E-state index contributed by atoms with van der Waals surface area (Å²) >= 11 is 0. The standard InChI is InChI=1S/C27H30N2O/c1-20(2)19-22-13-15-23(16-14-22)21(3)27-28-25-11-7-8-12-26(25)29(27)17-18-30-24-9-5-4-6-10-24/h4-16,20-21H,17-19H2,1-3H3/t21-/m1/s1. The van der Waals surface area contributed by atoms with Gasteiger partial charge >= 0.3 is 0 Å². The lowest BCUT2D eigenvalue weighted by Crippen LogP contribution is -2.13. The Balaban J connectivity index is 1.58. The van der Waals surface area contributed by atoms with Gasteiger partial charge in [0.25, 0.3) is 0 Å². The molecule has 30 heavy (non-hydrogen) atoms. The van der Waals surface area contributed by atoms with Crippen molar-refractivity contribution in [3.05, 3.63) is 95.8 Å². The Morgan fingerprint density at radius 1 is 0.833 bits per heavy atom. The van der Waals surface area contributed by atoms with Gasteiger partial charge in [-0.25, -0.2) is 4.98 Å². The molecule has 0 N–H and O–H groups in total. The second-order valence-corrected chi connectivity index (χ2v) is 8.33. The summed E-state index contributed by atoms with van der Waals surface area (Å²) in [4.78, 5) is 4.99. The maximum absolute atomic E-state index is 5.97. The highest BCUT2D eigenvalue weighted by molar-refractivity contribution is 5.76. The predicted octanol–water partition coefficient (Wildman–Crippen LogP) is 6.47. The molecule has 0 bridgehead atoms. The molecule has 3 aromatic carbocycles. The fraction of sp³-hybridized carbons (Fsp3) is 0.296. The van der Waals surface area contributed by atoms with Crippen LogP contribution in [-0.4, -0.2) is 16.2 Å². The highest BCUT2D eigenvalue weighted by atomic mass is 16.5. The van der Waals surface area contributed by atoms with Crippen LogP contribution in [0.2, 0.25) is 0 Å². The average molecular weight is 399 g/mol. The molecular weight excluding hydrogens is 368 g/mol. The molecule has 0 aliphatic carbocycles. The molecule has 0 aliphatic heterocycles. The number of imidazole rings is 1. The van der Waals surface area contributed by atoms with Gasteiger partial charge < -0.3 is 9.30 Å². The van der Waals surface area contributed by atoms with E-state index in [0.717, 1.165) is 35.6 Å². The van der Waals surface area contributed by atoms with Gasteiger partial charge in [0.1, 0.15) is 18.2 Å². The molecule has 1 heterocycles.